The number of rotatable bonds is 6. The second kappa shape index (κ2) is 6.32. The van der Waals surface area contributed by atoms with Gasteiger partial charge in [0, 0.05) is 43.2 Å². The molecule has 1 aromatic rings. The first-order valence-electron chi connectivity index (χ1n) is 7.79. The number of likely N-dealkylation sites (tertiary alicyclic amines) is 1. The molecule has 6 heteroatoms. The fourth-order valence-electron chi connectivity index (χ4n) is 3.04. The Kier molecular flexibility index (Phi) is 4.45. The lowest BCUT2D eigenvalue weighted by Gasteiger charge is -2.15. The second-order valence-corrected chi connectivity index (χ2v) is 7.05. The van der Waals surface area contributed by atoms with Gasteiger partial charge < -0.3 is 14.8 Å². The third-order valence-electron chi connectivity index (χ3n) is 4.51. The van der Waals surface area contributed by atoms with Crippen molar-refractivity contribution in [1.82, 2.24) is 14.8 Å². The molecular weight excluding hydrogens is 286 g/mol. The topological polar surface area (TPSA) is 54.3 Å². The second-order valence-electron chi connectivity index (χ2n) is 6.23. The number of thiazole rings is 1. The van der Waals surface area contributed by atoms with Crippen LogP contribution in [0.5, 0.6) is 0 Å². The molecule has 1 saturated carbocycles. The molecule has 2 aliphatic rings. The van der Waals surface area contributed by atoms with E-state index < -0.39 is 0 Å². The van der Waals surface area contributed by atoms with Gasteiger partial charge in [0.1, 0.15) is 0 Å². The summed E-state index contributed by atoms with van der Waals surface area (Å²) in [5, 5.41) is 4.87. The van der Waals surface area contributed by atoms with Crippen molar-refractivity contribution in [3.63, 3.8) is 0 Å². The summed E-state index contributed by atoms with van der Waals surface area (Å²) in [6.45, 7) is 5.49. The van der Waals surface area contributed by atoms with Crippen LogP contribution in [0, 0.1) is 12.8 Å². The molecule has 1 atom stereocenters. The monoisotopic (exact) mass is 309 g/mol. The van der Waals surface area contributed by atoms with Crippen molar-refractivity contribution < 1.29 is 4.79 Å². The van der Waals surface area contributed by atoms with Crippen LogP contribution in [0.15, 0.2) is 10.2 Å². The van der Waals surface area contributed by atoms with E-state index in [1.807, 2.05) is 12.3 Å². The predicted molar refractivity (Wildman–Crippen MR) is 83.6 cm³/mol. The van der Waals surface area contributed by atoms with E-state index in [2.05, 4.69) is 10.2 Å². The van der Waals surface area contributed by atoms with Gasteiger partial charge in [0.2, 0.25) is 5.91 Å². The Bertz CT molecular complexity index is 562. The SMILES string of the molecule is Cc1csc(=O)n1CCC(=O)NC[C@H]1CCN(C2CC2)C1. The molecule has 5 nitrogen and oxygen atoms in total. The lowest BCUT2D eigenvalue weighted by Crippen LogP contribution is -2.32. The Morgan fingerprint density at radius 3 is 2.90 bits per heavy atom. The molecule has 1 amide bonds. The molecule has 2 heterocycles. The maximum atomic E-state index is 11.9. The van der Waals surface area contributed by atoms with Gasteiger partial charge in [0.05, 0.1) is 0 Å². The lowest BCUT2D eigenvalue weighted by molar-refractivity contribution is -0.121. The van der Waals surface area contributed by atoms with Crippen molar-refractivity contribution in [2.75, 3.05) is 19.6 Å². The summed E-state index contributed by atoms with van der Waals surface area (Å²) in [6, 6.07) is 0.833. The quantitative estimate of drug-likeness (QED) is 0.859. The molecule has 0 radical (unpaired) electrons. The summed E-state index contributed by atoms with van der Waals surface area (Å²) in [5.41, 5.74) is 0.939. The molecule has 1 aliphatic heterocycles. The van der Waals surface area contributed by atoms with E-state index in [1.165, 1.54) is 37.1 Å². The minimum atomic E-state index is 0.0242. The van der Waals surface area contributed by atoms with Crippen LogP contribution in [-0.2, 0) is 11.3 Å². The van der Waals surface area contributed by atoms with E-state index in [4.69, 9.17) is 0 Å². The van der Waals surface area contributed by atoms with E-state index in [0.717, 1.165) is 24.8 Å². The average Bonchev–Trinajstić information content (AvgIpc) is 3.13. The summed E-state index contributed by atoms with van der Waals surface area (Å²) in [4.78, 5) is 26.1. The molecule has 21 heavy (non-hydrogen) atoms. The maximum Gasteiger partial charge on any atom is 0.307 e. The third kappa shape index (κ3) is 3.74. The van der Waals surface area contributed by atoms with Crippen molar-refractivity contribution in [2.24, 2.45) is 5.92 Å². The molecule has 0 spiro atoms. The van der Waals surface area contributed by atoms with Crippen molar-refractivity contribution in [3.05, 3.63) is 20.7 Å². The molecule has 1 N–H and O–H groups in total. The van der Waals surface area contributed by atoms with E-state index in [9.17, 15) is 9.59 Å². The van der Waals surface area contributed by atoms with Gasteiger partial charge in [-0.2, -0.15) is 0 Å². The van der Waals surface area contributed by atoms with Crippen LogP contribution in [0.25, 0.3) is 0 Å². The predicted octanol–water partition coefficient (Wildman–Crippen LogP) is 1.21. The van der Waals surface area contributed by atoms with Gasteiger partial charge in [0.15, 0.2) is 0 Å². The van der Waals surface area contributed by atoms with Crippen LogP contribution in [0.2, 0.25) is 0 Å². The fraction of sp³-hybridized carbons (Fsp3) is 0.733. The molecular formula is C15H23N3O2S. The van der Waals surface area contributed by atoms with Crippen LogP contribution in [-0.4, -0.2) is 41.1 Å². The van der Waals surface area contributed by atoms with E-state index in [0.29, 0.717) is 18.9 Å². The zero-order valence-electron chi connectivity index (χ0n) is 12.5. The van der Waals surface area contributed by atoms with Crippen molar-refractivity contribution in [2.45, 2.75) is 45.2 Å². The van der Waals surface area contributed by atoms with Crippen LogP contribution in [0.1, 0.15) is 31.4 Å². The highest BCUT2D eigenvalue weighted by Gasteiger charge is 2.34. The fourth-order valence-corrected chi connectivity index (χ4v) is 3.80. The minimum Gasteiger partial charge on any atom is -0.356 e. The van der Waals surface area contributed by atoms with Gasteiger partial charge in [-0.25, -0.2) is 0 Å². The maximum absolute atomic E-state index is 11.9. The van der Waals surface area contributed by atoms with Gasteiger partial charge in [-0.1, -0.05) is 11.3 Å². The van der Waals surface area contributed by atoms with Gasteiger partial charge in [-0.15, -0.1) is 0 Å². The number of hydrogen-bond donors (Lipinski definition) is 1. The number of carbonyl (C=O) groups is 1. The standard InChI is InChI=1S/C15H23N3O2S/c1-11-10-21-15(20)18(11)7-5-14(19)16-8-12-4-6-17(9-12)13-2-3-13/h10,12-13H,2-9H2,1H3,(H,16,19)/t12-/m1/s1. The number of hydrogen-bond acceptors (Lipinski definition) is 4. The normalized spacial score (nSPS) is 22.6. The van der Waals surface area contributed by atoms with Crippen molar-refractivity contribution >= 4 is 17.2 Å². The molecule has 0 aromatic carbocycles. The third-order valence-corrected chi connectivity index (χ3v) is 5.39. The van der Waals surface area contributed by atoms with Crippen LogP contribution in [0.4, 0.5) is 0 Å². The first kappa shape index (κ1) is 14.8. The lowest BCUT2D eigenvalue weighted by atomic mass is 10.1. The van der Waals surface area contributed by atoms with Crippen LogP contribution < -0.4 is 10.2 Å². The molecule has 0 unspecified atom stereocenters. The molecule has 116 valence electrons. The smallest absolute Gasteiger partial charge is 0.307 e. The van der Waals surface area contributed by atoms with Gasteiger partial charge in [-0.3, -0.25) is 9.59 Å². The Hall–Kier alpha value is -1.14. The van der Waals surface area contributed by atoms with Gasteiger partial charge in [0.25, 0.3) is 0 Å². The number of aryl methyl sites for hydroxylation is 1. The number of aromatic nitrogens is 1. The largest absolute Gasteiger partial charge is 0.356 e. The summed E-state index contributed by atoms with van der Waals surface area (Å²) in [5.74, 6) is 0.650. The summed E-state index contributed by atoms with van der Waals surface area (Å²) in [7, 11) is 0. The zero-order valence-corrected chi connectivity index (χ0v) is 13.3. The van der Waals surface area contributed by atoms with E-state index in [1.54, 1.807) is 4.57 Å². The molecule has 2 fully saturated rings. The Morgan fingerprint density at radius 2 is 2.24 bits per heavy atom. The van der Waals surface area contributed by atoms with Crippen molar-refractivity contribution in [1.29, 1.82) is 0 Å². The Morgan fingerprint density at radius 1 is 1.43 bits per heavy atom. The van der Waals surface area contributed by atoms with Crippen LogP contribution >= 0.6 is 11.3 Å². The number of carbonyl (C=O) groups excluding carboxylic acids is 1. The Labute approximate surface area is 129 Å². The Balaban J connectivity index is 1.38. The summed E-state index contributed by atoms with van der Waals surface area (Å²) in [6.07, 6.45) is 4.29. The molecule has 3 rings (SSSR count). The number of nitrogens with one attached hydrogen (secondary N) is 1. The summed E-state index contributed by atoms with van der Waals surface area (Å²) >= 11 is 1.20. The average molecular weight is 309 g/mol. The van der Waals surface area contributed by atoms with E-state index in [-0.39, 0.29) is 10.8 Å². The van der Waals surface area contributed by atoms with Crippen molar-refractivity contribution in [3.8, 4) is 0 Å². The highest BCUT2D eigenvalue weighted by Crippen LogP contribution is 2.31. The first-order valence-corrected chi connectivity index (χ1v) is 8.67. The number of nitrogens with zero attached hydrogens (tertiary/aromatic N) is 2. The highest BCUT2D eigenvalue weighted by atomic mass is 32.1. The molecule has 1 aromatic heterocycles. The summed E-state index contributed by atoms with van der Waals surface area (Å²) < 4.78 is 1.68. The molecule has 0 bridgehead atoms. The van der Waals surface area contributed by atoms with E-state index >= 15 is 0 Å². The first-order chi connectivity index (χ1) is 10.1. The highest BCUT2D eigenvalue weighted by molar-refractivity contribution is 7.07. The van der Waals surface area contributed by atoms with Gasteiger partial charge in [-0.05, 0) is 38.6 Å². The van der Waals surface area contributed by atoms with Gasteiger partial charge >= 0.3 is 4.87 Å². The minimum absolute atomic E-state index is 0.0242. The van der Waals surface area contributed by atoms with Crippen LogP contribution in [0.3, 0.4) is 0 Å². The number of amides is 1. The molecule has 1 saturated heterocycles. The zero-order chi connectivity index (χ0) is 14.8. The molecule has 1 aliphatic carbocycles.